The zero-order valence-electron chi connectivity index (χ0n) is 11.5. The van der Waals surface area contributed by atoms with Crippen molar-refractivity contribution < 1.29 is 4.74 Å². The zero-order valence-corrected chi connectivity index (χ0v) is 13.9. The van der Waals surface area contributed by atoms with Gasteiger partial charge in [0, 0.05) is 15.8 Å². The summed E-state index contributed by atoms with van der Waals surface area (Å²) >= 11 is 4.64. The highest BCUT2D eigenvalue weighted by Crippen LogP contribution is 2.27. The molecule has 2 aromatic rings. The summed E-state index contributed by atoms with van der Waals surface area (Å²) in [7, 11) is 0. The van der Waals surface area contributed by atoms with E-state index in [4.69, 9.17) is 4.74 Å². The molecule has 112 valence electrons. The molecule has 5 nitrogen and oxygen atoms in total. The number of hydrogen-bond acceptors (Lipinski definition) is 4. The highest BCUT2D eigenvalue weighted by atomic mass is 79.9. The van der Waals surface area contributed by atoms with E-state index in [0.29, 0.717) is 22.5 Å². The summed E-state index contributed by atoms with van der Waals surface area (Å²) in [6, 6.07) is 9.60. The molecule has 7 heteroatoms. The molecule has 1 aromatic carbocycles. The van der Waals surface area contributed by atoms with Gasteiger partial charge >= 0.3 is 5.69 Å². The predicted octanol–water partition coefficient (Wildman–Crippen LogP) is 2.37. The average molecular weight is 371 g/mol. The number of halogens is 1. The van der Waals surface area contributed by atoms with E-state index >= 15 is 0 Å². The topological polar surface area (TPSA) is 64.1 Å². The molecule has 1 aromatic heterocycles. The van der Waals surface area contributed by atoms with Crippen molar-refractivity contribution in [1.29, 1.82) is 0 Å². The van der Waals surface area contributed by atoms with Gasteiger partial charge in [-0.1, -0.05) is 45.9 Å². The maximum atomic E-state index is 12.0. The molecule has 1 heterocycles. The molecule has 0 amide bonds. The van der Waals surface area contributed by atoms with E-state index in [0.717, 1.165) is 4.90 Å². The van der Waals surface area contributed by atoms with E-state index in [1.165, 1.54) is 16.3 Å². The van der Waals surface area contributed by atoms with Crippen LogP contribution in [0.2, 0.25) is 0 Å². The fourth-order valence-corrected chi connectivity index (χ4v) is 2.95. The van der Waals surface area contributed by atoms with E-state index in [9.17, 15) is 9.59 Å². The third-order valence-electron chi connectivity index (χ3n) is 2.77. The molecule has 0 aliphatic heterocycles. The van der Waals surface area contributed by atoms with Gasteiger partial charge in [-0.15, -0.1) is 0 Å². The first-order valence-electron chi connectivity index (χ1n) is 6.34. The van der Waals surface area contributed by atoms with Gasteiger partial charge in [-0.25, -0.2) is 4.79 Å². The molecular weight excluding hydrogens is 356 g/mol. The number of H-pyrrole nitrogens is 1. The Kier molecular flexibility index (Phi) is 5.84. The van der Waals surface area contributed by atoms with Crippen LogP contribution in [-0.4, -0.2) is 21.5 Å². The Balaban J connectivity index is 2.41. The zero-order chi connectivity index (χ0) is 15.2. The van der Waals surface area contributed by atoms with Crippen molar-refractivity contribution in [2.75, 3.05) is 11.9 Å². The lowest BCUT2D eigenvalue weighted by molar-refractivity contribution is 0.0805. The molecular formula is C14H15BrN2O3S. The summed E-state index contributed by atoms with van der Waals surface area (Å²) in [4.78, 5) is 27.1. The quantitative estimate of drug-likeness (QED) is 0.481. The van der Waals surface area contributed by atoms with Crippen LogP contribution in [0.15, 0.2) is 49.8 Å². The Morgan fingerprint density at radius 1 is 1.29 bits per heavy atom. The molecule has 0 unspecified atom stereocenters. The van der Waals surface area contributed by atoms with Crippen molar-refractivity contribution in [3.8, 4) is 0 Å². The number of benzene rings is 1. The lowest BCUT2D eigenvalue weighted by atomic mass is 10.4. The first kappa shape index (κ1) is 16.1. The lowest BCUT2D eigenvalue weighted by Crippen LogP contribution is -2.33. The van der Waals surface area contributed by atoms with Crippen molar-refractivity contribution >= 4 is 27.7 Å². The molecule has 0 bridgehead atoms. The SMILES string of the molecule is Cc1c(Sc2ccccc2)n(COCCBr)c(=O)[nH]c1=O. The Morgan fingerprint density at radius 2 is 2.00 bits per heavy atom. The molecule has 0 spiro atoms. The molecule has 0 radical (unpaired) electrons. The summed E-state index contributed by atoms with van der Waals surface area (Å²) in [5.41, 5.74) is -0.320. The number of aromatic amines is 1. The molecule has 0 aliphatic rings. The smallest absolute Gasteiger partial charge is 0.331 e. The van der Waals surface area contributed by atoms with Crippen LogP contribution >= 0.6 is 27.7 Å². The number of nitrogens with zero attached hydrogens (tertiary/aromatic N) is 1. The summed E-state index contributed by atoms with van der Waals surface area (Å²) in [5, 5.41) is 1.29. The second-order valence-corrected chi connectivity index (χ2v) is 6.11. The third-order valence-corrected chi connectivity index (χ3v) is 4.32. The Labute approximate surface area is 134 Å². The van der Waals surface area contributed by atoms with Crippen molar-refractivity contribution in [1.82, 2.24) is 9.55 Å². The second-order valence-electron chi connectivity index (χ2n) is 4.26. The van der Waals surface area contributed by atoms with Gasteiger partial charge in [-0.3, -0.25) is 14.3 Å². The molecule has 2 rings (SSSR count). The van der Waals surface area contributed by atoms with Crippen LogP contribution in [0.25, 0.3) is 0 Å². The maximum absolute atomic E-state index is 12.0. The number of aromatic nitrogens is 2. The van der Waals surface area contributed by atoms with Crippen LogP contribution in [-0.2, 0) is 11.5 Å². The standard InChI is InChI=1S/C14H15BrN2O3S/c1-10-12(18)16-14(19)17(9-20-8-7-15)13(10)21-11-5-3-2-4-6-11/h2-6H,7-9H2,1H3,(H,16,18,19). The Morgan fingerprint density at radius 3 is 2.67 bits per heavy atom. The van der Waals surface area contributed by atoms with Crippen LogP contribution < -0.4 is 11.2 Å². The van der Waals surface area contributed by atoms with Crippen molar-refractivity contribution in [3.05, 3.63) is 56.7 Å². The van der Waals surface area contributed by atoms with Crippen molar-refractivity contribution in [2.24, 2.45) is 0 Å². The average Bonchev–Trinajstić information content (AvgIpc) is 2.49. The molecule has 0 saturated heterocycles. The van der Waals surface area contributed by atoms with Gasteiger partial charge in [0.25, 0.3) is 5.56 Å². The monoisotopic (exact) mass is 370 g/mol. The first-order valence-corrected chi connectivity index (χ1v) is 8.27. The normalized spacial score (nSPS) is 10.8. The molecule has 0 aliphatic carbocycles. The van der Waals surface area contributed by atoms with E-state index < -0.39 is 5.69 Å². The summed E-state index contributed by atoms with van der Waals surface area (Å²) in [6.45, 7) is 2.29. The highest BCUT2D eigenvalue weighted by Gasteiger charge is 2.13. The van der Waals surface area contributed by atoms with E-state index in [2.05, 4.69) is 20.9 Å². The lowest BCUT2D eigenvalue weighted by Gasteiger charge is -2.14. The van der Waals surface area contributed by atoms with Crippen LogP contribution in [0.4, 0.5) is 0 Å². The number of alkyl halides is 1. The largest absolute Gasteiger partial charge is 0.360 e. The summed E-state index contributed by atoms with van der Waals surface area (Å²) in [5.74, 6) is 0. The molecule has 0 saturated carbocycles. The minimum absolute atomic E-state index is 0.108. The Hall–Kier alpha value is -1.31. The van der Waals surface area contributed by atoms with Crippen molar-refractivity contribution in [3.63, 3.8) is 0 Å². The van der Waals surface area contributed by atoms with Crippen LogP contribution in [0.1, 0.15) is 5.56 Å². The van der Waals surface area contributed by atoms with Gasteiger partial charge in [0.15, 0.2) is 0 Å². The number of rotatable bonds is 6. The van der Waals surface area contributed by atoms with E-state index in [1.807, 2.05) is 30.3 Å². The fourth-order valence-electron chi connectivity index (χ4n) is 1.71. The predicted molar refractivity (Wildman–Crippen MR) is 86.4 cm³/mol. The van der Waals surface area contributed by atoms with Gasteiger partial charge < -0.3 is 4.74 Å². The van der Waals surface area contributed by atoms with Gasteiger partial charge in [-0.2, -0.15) is 0 Å². The minimum atomic E-state index is -0.460. The van der Waals surface area contributed by atoms with Gasteiger partial charge in [-0.05, 0) is 19.1 Å². The fraction of sp³-hybridized carbons (Fsp3) is 0.286. The van der Waals surface area contributed by atoms with Gasteiger partial charge in [0.2, 0.25) is 0 Å². The van der Waals surface area contributed by atoms with Crippen molar-refractivity contribution in [2.45, 2.75) is 23.6 Å². The number of hydrogen-bond donors (Lipinski definition) is 1. The van der Waals surface area contributed by atoms with Crippen LogP contribution in [0.3, 0.4) is 0 Å². The Bertz CT molecular complexity index is 712. The van der Waals surface area contributed by atoms with Crippen LogP contribution in [0.5, 0.6) is 0 Å². The van der Waals surface area contributed by atoms with Gasteiger partial charge in [0.1, 0.15) is 6.73 Å². The van der Waals surface area contributed by atoms with Crippen LogP contribution in [0, 0.1) is 6.92 Å². The molecule has 21 heavy (non-hydrogen) atoms. The second kappa shape index (κ2) is 7.63. The number of nitrogens with one attached hydrogen (secondary N) is 1. The molecule has 1 N–H and O–H groups in total. The summed E-state index contributed by atoms with van der Waals surface area (Å²) in [6.07, 6.45) is 0. The minimum Gasteiger partial charge on any atom is -0.360 e. The first-order chi connectivity index (χ1) is 10.1. The van der Waals surface area contributed by atoms with Gasteiger partial charge in [0.05, 0.1) is 11.6 Å². The maximum Gasteiger partial charge on any atom is 0.331 e. The molecule has 0 atom stereocenters. The summed E-state index contributed by atoms with van der Waals surface area (Å²) < 4.78 is 6.85. The van der Waals surface area contributed by atoms with E-state index in [-0.39, 0.29) is 12.3 Å². The number of ether oxygens (including phenoxy) is 1. The molecule has 0 fully saturated rings. The highest BCUT2D eigenvalue weighted by molar-refractivity contribution is 9.09. The van der Waals surface area contributed by atoms with E-state index in [1.54, 1.807) is 6.92 Å². The third kappa shape index (κ3) is 4.09.